The van der Waals surface area contributed by atoms with Crippen LogP contribution in [0.3, 0.4) is 0 Å². The van der Waals surface area contributed by atoms with Gasteiger partial charge in [0.15, 0.2) is 0 Å². The van der Waals surface area contributed by atoms with Gasteiger partial charge < -0.3 is 19.3 Å². The molecule has 0 aliphatic carbocycles. The first-order chi connectivity index (χ1) is 17.8. The summed E-state index contributed by atoms with van der Waals surface area (Å²) in [5, 5.41) is 22.3. The summed E-state index contributed by atoms with van der Waals surface area (Å²) >= 11 is 0. The Hall–Kier alpha value is -4.22. The standard InChI is InChI=1S/2C13H16N2O4/c2*1-13(6-7-14(2)12(13)16)10-8-9(19-3)4-5-11(10)15(17)18/h2*4-5,8H,6-7H2,1-3H3/t2*13-/m10/s1. The molecule has 0 saturated carbocycles. The molecule has 0 spiro atoms. The van der Waals surface area contributed by atoms with Crippen molar-refractivity contribution in [2.75, 3.05) is 41.4 Å². The van der Waals surface area contributed by atoms with Gasteiger partial charge in [0.1, 0.15) is 11.5 Å². The molecule has 2 heterocycles. The maximum atomic E-state index is 12.3. The smallest absolute Gasteiger partial charge is 0.273 e. The lowest BCUT2D eigenvalue weighted by Gasteiger charge is -2.22. The summed E-state index contributed by atoms with van der Waals surface area (Å²) in [4.78, 5) is 49.1. The van der Waals surface area contributed by atoms with Crippen molar-refractivity contribution in [3.8, 4) is 11.5 Å². The molecule has 2 aromatic carbocycles. The molecule has 0 unspecified atom stereocenters. The maximum Gasteiger partial charge on any atom is 0.273 e. The Morgan fingerprint density at radius 3 is 1.32 bits per heavy atom. The molecule has 0 bridgehead atoms. The van der Waals surface area contributed by atoms with Crippen LogP contribution in [0.5, 0.6) is 11.5 Å². The highest BCUT2D eigenvalue weighted by Crippen LogP contribution is 2.42. The molecule has 0 radical (unpaired) electrons. The predicted octanol–water partition coefficient (Wildman–Crippen LogP) is 3.45. The van der Waals surface area contributed by atoms with Crippen LogP contribution in [0.15, 0.2) is 36.4 Å². The van der Waals surface area contributed by atoms with E-state index in [2.05, 4.69) is 0 Å². The first-order valence-corrected chi connectivity index (χ1v) is 12.0. The van der Waals surface area contributed by atoms with Gasteiger partial charge in [-0.15, -0.1) is 0 Å². The van der Waals surface area contributed by atoms with Crippen molar-refractivity contribution >= 4 is 23.2 Å². The molecule has 38 heavy (non-hydrogen) atoms. The minimum Gasteiger partial charge on any atom is -0.497 e. The predicted molar refractivity (Wildman–Crippen MR) is 139 cm³/mol. The topological polar surface area (TPSA) is 145 Å². The molecule has 4 rings (SSSR count). The van der Waals surface area contributed by atoms with Crippen molar-refractivity contribution < 1.29 is 28.9 Å². The lowest BCUT2D eigenvalue weighted by molar-refractivity contribution is -0.386. The second-order valence-electron chi connectivity index (χ2n) is 9.90. The van der Waals surface area contributed by atoms with E-state index in [9.17, 15) is 29.8 Å². The number of hydrogen-bond donors (Lipinski definition) is 0. The zero-order valence-electron chi connectivity index (χ0n) is 22.3. The summed E-state index contributed by atoms with van der Waals surface area (Å²) in [6.07, 6.45) is 1.13. The fourth-order valence-corrected chi connectivity index (χ4v) is 5.03. The second-order valence-corrected chi connectivity index (χ2v) is 9.90. The summed E-state index contributed by atoms with van der Waals surface area (Å²) in [6.45, 7) is 4.70. The Morgan fingerprint density at radius 2 is 1.08 bits per heavy atom. The number of benzene rings is 2. The molecule has 2 aromatic rings. The normalized spacial score (nSPS) is 22.7. The first kappa shape index (κ1) is 28.4. The van der Waals surface area contributed by atoms with Crippen molar-refractivity contribution in [2.45, 2.75) is 37.5 Å². The molecule has 2 fully saturated rings. The fourth-order valence-electron chi connectivity index (χ4n) is 5.03. The van der Waals surface area contributed by atoms with Crippen molar-refractivity contribution in [1.82, 2.24) is 9.80 Å². The summed E-state index contributed by atoms with van der Waals surface area (Å²) < 4.78 is 10.2. The summed E-state index contributed by atoms with van der Waals surface area (Å²) in [6, 6.07) is 9.04. The van der Waals surface area contributed by atoms with Crippen molar-refractivity contribution in [3.05, 3.63) is 67.8 Å². The van der Waals surface area contributed by atoms with Gasteiger partial charge in [-0.1, -0.05) is 0 Å². The molecule has 2 aliphatic heterocycles. The quantitative estimate of drug-likeness (QED) is 0.409. The van der Waals surface area contributed by atoms with Gasteiger partial charge in [0, 0.05) is 50.4 Å². The van der Waals surface area contributed by atoms with Crippen LogP contribution in [0.25, 0.3) is 0 Å². The summed E-state index contributed by atoms with van der Waals surface area (Å²) in [7, 11) is 6.41. The number of rotatable bonds is 6. The van der Waals surface area contributed by atoms with Crippen LogP contribution in [0.4, 0.5) is 11.4 Å². The minimum atomic E-state index is -0.855. The van der Waals surface area contributed by atoms with Crippen LogP contribution in [0.2, 0.25) is 0 Å². The Bertz CT molecular complexity index is 1180. The zero-order valence-corrected chi connectivity index (χ0v) is 22.3. The Balaban J connectivity index is 0.000000211. The van der Waals surface area contributed by atoms with Crippen LogP contribution < -0.4 is 9.47 Å². The van der Waals surface area contributed by atoms with Crippen molar-refractivity contribution in [2.24, 2.45) is 0 Å². The number of likely N-dealkylation sites (N-methyl/N-ethyl adjacent to an activating group) is 2. The number of nitrogens with zero attached hydrogens (tertiary/aromatic N) is 4. The molecular formula is C26H32N4O8. The molecule has 2 saturated heterocycles. The van der Waals surface area contributed by atoms with E-state index in [1.165, 1.54) is 38.5 Å². The molecular weight excluding hydrogens is 496 g/mol. The molecule has 204 valence electrons. The highest BCUT2D eigenvalue weighted by atomic mass is 16.6. The number of nitro benzene ring substituents is 2. The monoisotopic (exact) mass is 528 g/mol. The minimum absolute atomic E-state index is 0.0352. The molecule has 0 N–H and O–H groups in total. The van der Waals surface area contributed by atoms with Gasteiger partial charge in [-0.05, 0) is 51.0 Å². The molecule has 0 aromatic heterocycles. The third-order valence-corrected chi connectivity index (χ3v) is 7.52. The van der Waals surface area contributed by atoms with Crippen LogP contribution in [-0.2, 0) is 20.4 Å². The van der Waals surface area contributed by atoms with Gasteiger partial charge in [-0.2, -0.15) is 0 Å². The second kappa shape index (κ2) is 10.6. The Labute approximate surface area is 220 Å². The van der Waals surface area contributed by atoms with Crippen LogP contribution in [-0.4, -0.2) is 72.9 Å². The highest BCUT2D eigenvalue weighted by molar-refractivity contribution is 5.91. The van der Waals surface area contributed by atoms with E-state index < -0.39 is 20.7 Å². The average molecular weight is 529 g/mol. The average Bonchev–Trinajstić information content (AvgIpc) is 3.33. The van der Waals surface area contributed by atoms with Crippen molar-refractivity contribution in [3.63, 3.8) is 0 Å². The van der Waals surface area contributed by atoms with E-state index >= 15 is 0 Å². The molecule has 2 atom stereocenters. The third-order valence-electron chi connectivity index (χ3n) is 7.52. The van der Waals surface area contributed by atoms with E-state index in [0.29, 0.717) is 48.6 Å². The number of methoxy groups -OCH3 is 2. The molecule has 2 aliphatic rings. The fraction of sp³-hybridized carbons (Fsp3) is 0.462. The third kappa shape index (κ3) is 4.98. The summed E-state index contributed by atoms with van der Waals surface area (Å²) in [5.74, 6) is 0.848. The largest absolute Gasteiger partial charge is 0.497 e. The van der Waals surface area contributed by atoms with Gasteiger partial charge in [0.2, 0.25) is 11.8 Å². The van der Waals surface area contributed by atoms with Crippen LogP contribution in [0, 0.1) is 20.2 Å². The van der Waals surface area contributed by atoms with Gasteiger partial charge in [-0.3, -0.25) is 29.8 Å². The zero-order chi connectivity index (χ0) is 28.4. The van der Waals surface area contributed by atoms with Gasteiger partial charge in [0.25, 0.3) is 11.4 Å². The van der Waals surface area contributed by atoms with E-state index in [0.717, 1.165) is 0 Å². The molecule has 12 heteroatoms. The van der Waals surface area contributed by atoms with Gasteiger partial charge >= 0.3 is 0 Å². The van der Waals surface area contributed by atoms with E-state index in [1.807, 2.05) is 0 Å². The first-order valence-electron chi connectivity index (χ1n) is 12.0. The Kier molecular flexibility index (Phi) is 7.94. The number of ether oxygens (including phenoxy) is 2. The van der Waals surface area contributed by atoms with Gasteiger partial charge in [0.05, 0.1) is 34.9 Å². The number of likely N-dealkylation sites (tertiary alicyclic amines) is 2. The number of amides is 2. The SMILES string of the molecule is COc1ccc([N+](=O)[O-])c([C@@]2(C)CCN(C)C2=O)c1.COc1ccc([N+](=O)[O-])c([C@]2(C)CCN(C)C2=O)c1. The van der Waals surface area contributed by atoms with Crippen LogP contribution >= 0.6 is 0 Å². The molecule has 2 amide bonds. The lowest BCUT2D eigenvalue weighted by atomic mass is 9.80. The van der Waals surface area contributed by atoms with E-state index in [1.54, 1.807) is 49.9 Å². The summed E-state index contributed by atoms with van der Waals surface area (Å²) in [5.41, 5.74) is -0.937. The number of carbonyl (C=O) groups excluding carboxylic acids is 2. The molecule has 12 nitrogen and oxygen atoms in total. The number of nitro groups is 2. The Morgan fingerprint density at radius 1 is 0.737 bits per heavy atom. The van der Waals surface area contributed by atoms with Gasteiger partial charge in [-0.25, -0.2) is 0 Å². The van der Waals surface area contributed by atoms with E-state index in [-0.39, 0.29) is 23.2 Å². The highest BCUT2D eigenvalue weighted by Gasteiger charge is 2.47. The maximum absolute atomic E-state index is 12.3. The number of carbonyl (C=O) groups is 2. The number of hydrogen-bond acceptors (Lipinski definition) is 8. The lowest BCUT2D eigenvalue weighted by Crippen LogP contribution is -2.34. The van der Waals surface area contributed by atoms with Crippen LogP contribution in [0.1, 0.15) is 37.8 Å². The van der Waals surface area contributed by atoms with Crippen molar-refractivity contribution in [1.29, 1.82) is 0 Å². The van der Waals surface area contributed by atoms with E-state index in [4.69, 9.17) is 9.47 Å².